The average Bonchev–Trinajstić information content (AvgIpc) is 2.82. The number of oxime groups is 1. The number of hydrogen-bond donors (Lipinski definition) is 1. The third kappa shape index (κ3) is 4.42. The number of carbonyl (C=O) groups is 1. The molecule has 0 aliphatic rings. The topological polar surface area (TPSA) is 82.5 Å². The first kappa shape index (κ1) is 15.2. The second-order valence-corrected chi connectivity index (χ2v) is 5.24. The summed E-state index contributed by atoms with van der Waals surface area (Å²) < 4.78 is 2.58. The molecule has 1 heterocycles. The molecular weight excluding hydrogens is 336 g/mol. The van der Waals surface area contributed by atoms with E-state index in [-0.39, 0.29) is 12.3 Å². The Labute approximate surface area is 130 Å². The molecule has 2 rings (SSSR count). The molecule has 0 amide bonds. The molecule has 7 heteroatoms. The van der Waals surface area contributed by atoms with Crippen LogP contribution in [-0.2, 0) is 16.2 Å². The van der Waals surface area contributed by atoms with Crippen LogP contribution < -0.4 is 5.73 Å². The van der Waals surface area contributed by atoms with Crippen LogP contribution in [0.3, 0.4) is 0 Å². The van der Waals surface area contributed by atoms with Gasteiger partial charge in [-0.25, -0.2) is 4.79 Å². The summed E-state index contributed by atoms with van der Waals surface area (Å²) in [6.07, 6.45) is 1.98. The Balaban J connectivity index is 1.85. The normalized spacial score (nSPS) is 11.4. The highest BCUT2D eigenvalue weighted by Crippen LogP contribution is 2.13. The van der Waals surface area contributed by atoms with Crippen LogP contribution >= 0.6 is 15.9 Å². The van der Waals surface area contributed by atoms with Crippen LogP contribution in [0, 0.1) is 6.92 Å². The predicted octanol–water partition coefficient (Wildman–Crippen LogP) is 2.21. The molecule has 6 nitrogen and oxygen atoms in total. The highest BCUT2D eigenvalue weighted by molar-refractivity contribution is 9.10. The Morgan fingerprint density at radius 3 is 2.76 bits per heavy atom. The van der Waals surface area contributed by atoms with E-state index < -0.39 is 5.97 Å². The molecule has 0 aliphatic carbocycles. The van der Waals surface area contributed by atoms with E-state index in [1.807, 2.05) is 31.3 Å². The summed E-state index contributed by atoms with van der Waals surface area (Å²) in [5.74, 6) is -0.292. The summed E-state index contributed by atoms with van der Waals surface area (Å²) in [5, 5.41) is 7.86. The third-order valence-corrected chi connectivity index (χ3v) is 3.53. The first-order valence-corrected chi connectivity index (χ1v) is 7.14. The van der Waals surface area contributed by atoms with Gasteiger partial charge in [-0.15, -0.1) is 0 Å². The number of hydrogen-bond acceptors (Lipinski definition) is 4. The standard InChI is InChI=1S/C14H15BrN4O2/c1-10-12(15)9-19(17-10)8-7-13(20)21-18-14(16)11-5-3-2-4-6-11/h2-6,9H,7-8H2,1H3,(H2,16,18). The Hall–Kier alpha value is -2.15. The zero-order valence-corrected chi connectivity index (χ0v) is 13.1. The molecule has 0 unspecified atom stereocenters. The van der Waals surface area contributed by atoms with Gasteiger partial charge in [0.1, 0.15) is 0 Å². The summed E-state index contributed by atoms with van der Waals surface area (Å²) in [5.41, 5.74) is 7.30. The predicted molar refractivity (Wildman–Crippen MR) is 82.5 cm³/mol. The second kappa shape index (κ2) is 7.03. The number of aryl methyl sites for hydroxylation is 2. The zero-order chi connectivity index (χ0) is 15.2. The number of aromatic nitrogens is 2. The molecular formula is C14H15BrN4O2. The highest BCUT2D eigenvalue weighted by atomic mass is 79.9. The number of halogens is 1. The second-order valence-electron chi connectivity index (χ2n) is 4.38. The lowest BCUT2D eigenvalue weighted by atomic mass is 10.2. The van der Waals surface area contributed by atoms with Crippen molar-refractivity contribution in [3.05, 3.63) is 52.3 Å². The van der Waals surface area contributed by atoms with Crippen LogP contribution in [0.25, 0.3) is 0 Å². The van der Waals surface area contributed by atoms with Crippen LogP contribution in [0.4, 0.5) is 0 Å². The van der Waals surface area contributed by atoms with Crippen molar-refractivity contribution in [1.29, 1.82) is 0 Å². The molecule has 0 aliphatic heterocycles. The molecule has 110 valence electrons. The van der Waals surface area contributed by atoms with Crippen LogP contribution in [0.1, 0.15) is 17.7 Å². The number of amidine groups is 1. The van der Waals surface area contributed by atoms with Gasteiger partial charge in [0.15, 0.2) is 5.84 Å². The van der Waals surface area contributed by atoms with Crippen molar-refractivity contribution in [2.24, 2.45) is 10.9 Å². The van der Waals surface area contributed by atoms with Gasteiger partial charge in [0.2, 0.25) is 0 Å². The summed E-state index contributed by atoms with van der Waals surface area (Å²) in [7, 11) is 0. The molecule has 0 atom stereocenters. The molecule has 0 fully saturated rings. The number of benzene rings is 1. The van der Waals surface area contributed by atoms with E-state index in [9.17, 15) is 4.79 Å². The Morgan fingerprint density at radius 2 is 2.14 bits per heavy atom. The number of carbonyl (C=O) groups excluding carboxylic acids is 1. The fraction of sp³-hybridized carbons (Fsp3) is 0.214. The van der Waals surface area contributed by atoms with Gasteiger partial charge < -0.3 is 10.6 Å². The van der Waals surface area contributed by atoms with Crippen molar-refractivity contribution in [3.8, 4) is 0 Å². The van der Waals surface area contributed by atoms with Crippen molar-refractivity contribution >= 4 is 27.7 Å². The average molecular weight is 351 g/mol. The van der Waals surface area contributed by atoms with E-state index >= 15 is 0 Å². The van der Waals surface area contributed by atoms with Gasteiger partial charge in [-0.1, -0.05) is 35.5 Å². The lowest BCUT2D eigenvalue weighted by molar-refractivity contribution is -0.143. The van der Waals surface area contributed by atoms with Crippen molar-refractivity contribution in [2.75, 3.05) is 0 Å². The van der Waals surface area contributed by atoms with Crippen LogP contribution in [-0.4, -0.2) is 21.6 Å². The third-order valence-electron chi connectivity index (χ3n) is 2.75. The highest BCUT2D eigenvalue weighted by Gasteiger charge is 2.07. The SMILES string of the molecule is Cc1nn(CCC(=O)O/N=C(\N)c2ccccc2)cc1Br. The maximum Gasteiger partial charge on any atom is 0.336 e. The summed E-state index contributed by atoms with van der Waals surface area (Å²) in [4.78, 5) is 16.4. The summed E-state index contributed by atoms with van der Waals surface area (Å²) in [6, 6.07) is 9.11. The minimum absolute atomic E-state index is 0.166. The lowest BCUT2D eigenvalue weighted by Crippen LogP contribution is -2.15. The first-order chi connectivity index (χ1) is 10.1. The fourth-order valence-corrected chi connectivity index (χ4v) is 1.94. The maximum atomic E-state index is 11.6. The quantitative estimate of drug-likeness (QED) is 0.388. The van der Waals surface area contributed by atoms with Crippen molar-refractivity contribution in [3.63, 3.8) is 0 Å². The van der Waals surface area contributed by atoms with Crippen LogP contribution in [0.5, 0.6) is 0 Å². The van der Waals surface area contributed by atoms with E-state index in [4.69, 9.17) is 10.6 Å². The molecule has 1 aromatic heterocycles. The van der Waals surface area contributed by atoms with Gasteiger partial charge >= 0.3 is 5.97 Å². The molecule has 2 N–H and O–H groups in total. The van der Waals surface area contributed by atoms with Crippen LogP contribution in [0.2, 0.25) is 0 Å². The Bertz CT molecular complexity index is 633. The molecule has 0 spiro atoms. The van der Waals surface area contributed by atoms with E-state index in [2.05, 4.69) is 26.2 Å². The smallest absolute Gasteiger partial charge is 0.336 e. The first-order valence-electron chi connectivity index (χ1n) is 6.34. The summed E-state index contributed by atoms with van der Waals surface area (Å²) in [6.45, 7) is 2.30. The van der Waals surface area contributed by atoms with E-state index in [1.54, 1.807) is 16.8 Å². The van der Waals surface area contributed by atoms with Gasteiger partial charge in [-0.05, 0) is 22.9 Å². The lowest BCUT2D eigenvalue weighted by Gasteiger charge is -2.01. The molecule has 0 radical (unpaired) electrons. The summed E-state index contributed by atoms with van der Waals surface area (Å²) >= 11 is 3.36. The van der Waals surface area contributed by atoms with Gasteiger partial charge in [0.25, 0.3) is 0 Å². The van der Waals surface area contributed by atoms with Gasteiger partial charge in [-0.2, -0.15) is 5.10 Å². The molecule has 21 heavy (non-hydrogen) atoms. The molecule has 0 saturated carbocycles. The molecule has 2 aromatic rings. The number of nitrogens with two attached hydrogens (primary N) is 1. The number of rotatable bonds is 5. The molecule has 1 aromatic carbocycles. The molecule has 0 bridgehead atoms. The largest absolute Gasteiger partial charge is 0.380 e. The Kier molecular flexibility index (Phi) is 5.10. The minimum atomic E-state index is -0.460. The maximum absolute atomic E-state index is 11.6. The number of nitrogens with zero attached hydrogens (tertiary/aromatic N) is 3. The molecule has 0 saturated heterocycles. The van der Waals surface area contributed by atoms with Gasteiger partial charge in [0.05, 0.1) is 23.1 Å². The fourth-order valence-electron chi connectivity index (χ4n) is 1.62. The Morgan fingerprint density at radius 1 is 1.43 bits per heavy atom. The van der Waals surface area contributed by atoms with Gasteiger partial charge in [-0.3, -0.25) is 4.68 Å². The zero-order valence-electron chi connectivity index (χ0n) is 11.5. The van der Waals surface area contributed by atoms with Crippen molar-refractivity contribution in [2.45, 2.75) is 19.9 Å². The van der Waals surface area contributed by atoms with E-state index in [0.717, 1.165) is 10.2 Å². The van der Waals surface area contributed by atoms with Crippen molar-refractivity contribution < 1.29 is 9.63 Å². The minimum Gasteiger partial charge on any atom is -0.380 e. The monoisotopic (exact) mass is 350 g/mol. The van der Waals surface area contributed by atoms with Crippen molar-refractivity contribution in [1.82, 2.24) is 9.78 Å². The van der Waals surface area contributed by atoms with E-state index in [0.29, 0.717) is 12.1 Å². The van der Waals surface area contributed by atoms with E-state index in [1.165, 1.54) is 0 Å². The van der Waals surface area contributed by atoms with Crippen LogP contribution in [0.15, 0.2) is 46.2 Å². The van der Waals surface area contributed by atoms with Gasteiger partial charge in [0, 0.05) is 11.8 Å².